The maximum absolute atomic E-state index is 13.0. The van der Waals surface area contributed by atoms with Crippen molar-refractivity contribution in [2.45, 2.75) is 46.1 Å². The van der Waals surface area contributed by atoms with E-state index in [1.54, 1.807) is 11.9 Å². The molecule has 0 radical (unpaired) electrons. The van der Waals surface area contributed by atoms with E-state index in [1.165, 1.54) is 4.57 Å². The van der Waals surface area contributed by atoms with Crippen LogP contribution in [0, 0.1) is 19.8 Å². The van der Waals surface area contributed by atoms with Gasteiger partial charge in [-0.15, -0.1) is 0 Å². The first-order valence-electron chi connectivity index (χ1n) is 10.6. The molecule has 2 aromatic rings. The summed E-state index contributed by atoms with van der Waals surface area (Å²) in [5.74, 6) is 0.0899. The van der Waals surface area contributed by atoms with E-state index >= 15 is 0 Å². The zero-order chi connectivity index (χ0) is 21.8. The van der Waals surface area contributed by atoms with Crippen molar-refractivity contribution in [1.82, 2.24) is 14.8 Å². The summed E-state index contributed by atoms with van der Waals surface area (Å²) in [5.41, 5.74) is 2.66. The number of rotatable bonds is 5. The van der Waals surface area contributed by atoms with Crippen LogP contribution >= 0.6 is 0 Å². The first-order valence-corrected chi connectivity index (χ1v) is 10.6. The highest BCUT2D eigenvalue weighted by Crippen LogP contribution is 2.23. The van der Waals surface area contributed by atoms with E-state index < -0.39 is 0 Å². The molecular formula is C24H31N3O3. The van der Waals surface area contributed by atoms with Gasteiger partial charge in [-0.25, -0.2) is 0 Å². The number of hydrogen-bond acceptors (Lipinski definition) is 3. The van der Waals surface area contributed by atoms with Gasteiger partial charge in [0.25, 0.3) is 11.5 Å². The van der Waals surface area contributed by atoms with Gasteiger partial charge >= 0.3 is 0 Å². The minimum Gasteiger partial charge on any atom is -0.350 e. The van der Waals surface area contributed by atoms with E-state index in [4.69, 9.17) is 0 Å². The first-order chi connectivity index (χ1) is 14.3. The number of benzene rings is 1. The van der Waals surface area contributed by atoms with Gasteiger partial charge in [-0.05, 0) is 56.7 Å². The second-order valence-electron chi connectivity index (χ2n) is 8.35. The van der Waals surface area contributed by atoms with Crippen LogP contribution in [-0.4, -0.2) is 34.4 Å². The Morgan fingerprint density at radius 1 is 1.13 bits per heavy atom. The quantitative estimate of drug-likeness (QED) is 0.825. The smallest absolute Gasteiger partial charge is 0.263 e. The molecule has 0 saturated carbocycles. The second kappa shape index (κ2) is 9.28. The number of carbonyl (C=O) groups is 2. The fourth-order valence-electron chi connectivity index (χ4n) is 4.12. The van der Waals surface area contributed by atoms with Crippen LogP contribution in [0.2, 0.25) is 0 Å². The Bertz CT molecular complexity index is 973. The van der Waals surface area contributed by atoms with E-state index in [0.29, 0.717) is 19.5 Å². The Morgan fingerprint density at radius 2 is 1.77 bits per heavy atom. The van der Waals surface area contributed by atoms with E-state index in [0.717, 1.165) is 29.7 Å². The predicted octanol–water partition coefficient (Wildman–Crippen LogP) is 3.12. The van der Waals surface area contributed by atoms with Crippen molar-refractivity contribution in [3.63, 3.8) is 0 Å². The average Bonchev–Trinajstić information content (AvgIpc) is 2.73. The molecule has 1 aliphatic heterocycles. The van der Waals surface area contributed by atoms with Crippen molar-refractivity contribution in [3.05, 3.63) is 69.1 Å². The van der Waals surface area contributed by atoms with Crippen molar-refractivity contribution in [3.8, 4) is 0 Å². The SMILES string of the molecule is Cc1cc(C)n(C)c(=O)c1C(=O)N1CCC(CC(=O)N[C@@H](C)c2ccccc2)CC1. The van der Waals surface area contributed by atoms with Gasteiger partial charge < -0.3 is 14.8 Å². The summed E-state index contributed by atoms with van der Waals surface area (Å²) in [6, 6.07) is 11.8. The second-order valence-corrected chi connectivity index (χ2v) is 8.35. The molecule has 30 heavy (non-hydrogen) atoms. The fourth-order valence-corrected chi connectivity index (χ4v) is 4.12. The van der Waals surface area contributed by atoms with Gasteiger partial charge in [0.15, 0.2) is 0 Å². The van der Waals surface area contributed by atoms with Gasteiger partial charge in [-0.1, -0.05) is 30.3 Å². The first kappa shape index (κ1) is 21.8. The maximum Gasteiger partial charge on any atom is 0.263 e. The topological polar surface area (TPSA) is 71.4 Å². The summed E-state index contributed by atoms with van der Waals surface area (Å²) >= 11 is 0. The van der Waals surface area contributed by atoms with Crippen LogP contribution in [0.3, 0.4) is 0 Å². The summed E-state index contributed by atoms with van der Waals surface area (Å²) < 4.78 is 1.52. The lowest BCUT2D eigenvalue weighted by Gasteiger charge is -2.32. The minimum atomic E-state index is -0.242. The van der Waals surface area contributed by atoms with Gasteiger partial charge in [0.05, 0.1) is 6.04 Å². The number of carbonyl (C=O) groups excluding carboxylic acids is 2. The molecule has 1 aliphatic rings. The largest absolute Gasteiger partial charge is 0.350 e. The number of aromatic nitrogens is 1. The third-order valence-electron chi connectivity index (χ3n) is 6.13. The number of nitrogens with one attached hydrogen (secondary N) is 1. The molecule has 0 bridgehead atoms. The fraction of sp³-hybridized carbons (Fsp3) is 0.458. The minimum absolute atomic E-state index is 0.0268. The Labute approximate surface area is 177 Å². The predicted molar refractivity (Wildman–Crippen MR) is 117 cm³/mol. The summed E-state index contributed by atoms with van der Waals surface area (Å²) in [4.78, 5) is 39.8. The van der Waals surface area contributed by atoms with E-state index in [1.807, 2.05) is 57.2 Å². The Morgan fingerprint density at radius 3 is 2.40 bits per heavy atom. The summed E-state index contributed by atoms with van der Waals surface area (Å²) in [6.07, 6.45) is 2.00. The number of pyridine rings is 1. The molecule has 160 valence electrons. The lowest BCUT2D eigenvalue weighted by atomic mass is 9.92. The molecule has 6 nitrogen and oxygen atoms in total. The van der Waals surface area contributed by atoms with Crippen LogP contribution in [-0.2, 0) is 11.8 Å². The standard InChI is InChI=1S/C24H31N3O3/c1-16-14-17(2)26(4)23(29)22(16)24(30)27-12-10-19(11-13-27)15-21(28)25-18(3)20-8-6-5-7-9-20/h5-9,14,18-19H,10-13,15H2,1-4H3,(H,25,28)/t18-/m0/s1. The summed E-state index contributed by atoms with van der Waals surface area (Å²) in [5, 5.41) is 3.07. The third kappa shape index (κ3) is 4.81. The molecule has 0 unspecified atom stereocenters. The van der Waals surface area contributed by atoms with Crippen molar-refractivity contribution in [2.75, 3.05) is 13.1 Å². The summed E-state index contributed by atoms with van der Waals surface area (Å²) in [7, 11) is 1.69. The molecule has 2 heterocycles. The van der Waals surface area contributed by atoms with E-state index in [9.17, 15) is 14.4 Å². The lowest BCUT2D eigenvalue weighted by Crippen LogP contribution is -2.42. The van der Waals surface area contributed by atoms with Crippen LogP contribution in [0.4, 0.5) is 0 Å². The number of aryl methyl sites for hydroxylation is 2. The number of likely N-dealkylation sites (tertiary alicyclic amines) is 1. The molecule has 1 saturated heterocycles. The molecule has 6 heteroatoms. The van der Waals surface area contributed by atoms with E-state index in [2.05, 4.69) is 5.32 Å². The molecule has 1 aromatic carbocycles. The van der Waals surface area contributed by atoms with Crippen LogP contribution in [0.15, 0.2) is 41.2 Å². The van der Waals surface area contributed by atoms with Crippen molar-refractivity contribution in [1.29, 1.82) is 0 Å². The summed E-state index contributed by atoms with van der Waals surface area (Å²) in [6.45, 7) is 6.80. The molecule has 0 spiro atoms. The van der Waals surface area contributed by atoms with Gasteiger partial charge in [0.1, 0.15) is 5.56 Å². The molecule has 1 aromatic heterocycles. The molecule has 1 atom stereocenters. The van der Waals surface area contributed by atoms with Crippen LogP contribution in [0.1, 0.15) is 59.4 Å². The third-order valence-corrected chi connectivity index (χ3v) is 6.13. The Balaban J connectivity index is 1.55. The zero-order valence-corrected chi connectivity index (χ0v) is 18.3. The van der Waals surface area contributed by atoms with Crippen molar-refractivity contribution >= 4 is 11.8 Å². The molecule has 1 N–H and O–H groups in total. The highest BCUT2D eigenvalue weighted by Gasteiger charge is 2.28. The average molecular weight is 410 g/mol. The highest BCUT2D eigenvalue weighted by atomic mass is 16.2. The number of piperidine rings is 1. The normalized spacial score (nSPS) is 15.7. The number of nitrogens with zero attached hydrogens (tertiary/aromatic N) is 2. The Hall–Kier alpha value is -2.89. The Kier molecular flexibility index (Phi) is 6.75. The van der Waals surface area contributed by atoms with Crippen LogP contribution in [0.5, 0.6) is 0 Å². The number of amides is 2. The molecule has 2 amide bonds. The van der Waals surface area contributed by atoms with Gasteiger partial charge in [0.2, 0.25) is 5.91 Å². The highest BCUT2D eigenvalue weighted by molar-refractivity contribution is 5.95. The molecule has 1 fully saturated rings. The molecular weight excluding hydrogens is 378 g/mol. The van der Waals surface area contributed by atoms with Gasteiger partial charge in [-0.3, -0.25) is 14.4 Å². The zero-order valence-electron chi connectivity index (χ0n) is 18.3. The monoisotopic (exact) mass is 409 g/mol. The van der Waals surface area contributed by atoms with Crippen LogP contribution < -0.4 is 10.9 Å². The van der Waals surface area contributed by atoms with Crippen LogP contribution in [0.25, 0.3) is 0 Å². The van der Waals surface area contributed by atoms with Gasteiger partial charge in [0, 0.05) is 32.3 Å². The number of hydrogen-bond donors (Lipinski definition) is 1. The molecule has 0 aliphatic carbocycles. The van der Waals surface area contributed by atoms with Crippen molar-refractivity contribution in [2.24, 2.45) is 13.0 Å². The van der Waals surface area contributed by atoms with E-state index in [-0.39, 0.29) is 34.9 Å². The molecule has 3 rings (SSSR count). The van der Waals surface area contributed by atoms with Crippen molar-refractivity contribution < 1.29 is 9.59 Å². The lowest BCUT2D eigenvalue weighted by molar-refractivity contribution is -0.122. The van der Waals surface area contributed by atoms with Gasteiger partial charge in [-0.2, -0.15) is 0 Å². The maximum atomic E-state index is 13.0.